The molecule has 0 radical (unpaired) electrons. The summed E-state index contributed by atoms with van der Waals surface area (Å²) < 4.78 is 5.16. The first-order valence-electron chi connectivity index (χ1n) is 23.6. The van der Waals surface area contributed by atoms with Gasteiger partial charge in [0, 0.05) is 65.8 Å². The summed E-state index contributed by atoms with van der Waals surface area (Å²) in [6.07, 6.45) is 2.31. The highest BCUT2D eigenvalue weighted by molar-refractivity contribution is 7.25. The number of anilines is 3. The molecule has 0 bridgehead atoms. The molecular weight excluding hydrogens is 829 g/mol. The third-order valence-corrected chi connectivity index (χ3v) is 17.5. The lowest BCUT2D eigenvalue weighted by Gasteiger charge is -2.34. The van der Waals surface area contributed by atoms with Crippen LogP contribution in [0.15, 0.2) is 206 Å². The van der Waals surface area contributed by atoms with Gasteiger partial charge in [0.2, 0.25) is 11.7 Å². The van der Waals surface area contributed by atoms with Crippen LogP contribution in [0.4, 0.5) is 17.1 Å². The third-order valence-electron chi connectivity index (χ3n) is 16.3. The standard InChI is InChI=1S/C64H41N2S/c1-63(2)53-26-15-22-46-54-27-13-14-33-65(54)62-45-21-4-3-16-39(45)48-36-55(61(63)60(58(46)53)59(48)62)66(38-29-31-44-43-20-8-12-28-56(43)67-57(44)35-38)37-30-32-52-47(34-37)42-19-7-11-25-51(42)64(52)49-23-9-5-17-40(49)41-18-6-10-24-50(41)64/h3-36,62H,1-2H3/q+1. The Labute approximate surface area is 393 Å². The first-order valence-corrected chi connectivity index (χ1v) is 24.4. The molecule has 9 aromatic carbocycles. The summed E-state index contributed by atoms with van der Waals surface area (Å²) in [7, 11) is 0. The largest absolute Gasteiger partial charge is 0.310 e. The van der Waals surface area contributed by atoms with Crippen LogP contribution in [0.2, 0.25) is 0 Å². The van der Waals surface area contributed by atoms with Gasteiger partial charge in [-0.1, -0.05) is 153 Å². The van der Waals surface area contributed by atoms with Crippen molar-refractivity contribution in [1.29, 1.82) is 0 Å². The number of hydrogen-bond donors (Lipinski definition) is 0. The zero-order valence-electron chi connectivity index (χ0n) is 37.0. The van der Waals surface area contributed by atoms with Crippen LogP contribution in [0.1, 0.15) is 64.4 Å². The van der Waals surface area contributed by atoms with Gasteiger partial charge in [0.1, 0.15) is 0 Å². The smallest absolute Gasteiger partial charge is 0.213 e. The Bertz CT molecular complexity index is 4010. The minimum absolute atomic E-state index is 0.0625. The van der Waals surface area contributed by atoms with E-state index in [1.165, 1.54) is 132 Å². The van der Waals surface area contributed by atoms with Crippen molar-refractivity contribution < 1.29 is 4.57 Å². The van der Waals surface area contributed by atoms with Crippen molar-refractivity contribution in [3.05, 3.63) is 251 Å². The van der Waals surface area contributed by atoms with E-state index in [0.29, 0.717) is 0 Å². The summed E-state index contributed by atoms with van der Waals surface area (Å²) in [6.45, 7) is 4.94. The predicted molar refractivity (Wildman–Crippen MR) is 276 cm³/mol. The van der Waals surface area contributed by atoms with E-state index >= 15 is 0 Å². The third kappa shape index (κ3) is 4.31. The molecular formula is C64H41N2S+. The number of thiophene rings is 1. The molecule has 0 saturated carbocycles. The van der Waals surface area contributed by atoms with E-state index in [-0.39, 0.29) is 11.5 Å². The van der Waals surface area contributed by atoms with Gasteiger partial charge in [0.25, 0.3) is 0 Å². The quantitative estimate of drug-likeness (QED) is 0.161. The van der Waals surface area contributed by atoms with E-state index < -0.39 is 5.41 Å². The maximum atomic E-state index is 2.63. The van der Waals surface area contributed by atoms with Crippen LogP contribution in [0, 0.1) is 0 Å². The van der Waals surface area contributed by atoms with Crippen molar-refractivity contribution in [2.45, 2.75) is 30.7 Å². The van der Waals surface area contributed by atoms with Gasteiger partial charge in [0.05, 0.1) is 16.7 Å². The molecule has 5 aliphatic rings. The van der Waals surface area contributed by atoms with E-state index in [1.807, 2.05) is 11.3 Å². The lowest BCUT2D eigenvalue weighted by Crippen LogP contribution is -2.41. The van der Waals surface area contributed by atoms with Gasteiger partial charge in [-0.3, -0.25) is 0 Å². The highest BCUT2D eigenvalue weighted by atomic mass is 32.1. The SMILES string of the molecule is CC1(C)c2cccc3c2-c2c4c(cc(N(c5ccc6c(c5)-c5ccccc5C65c6ccccc6-c6ccccc65)c5ccc6c(c5)sc5ccccc56)c21)-c1ccccc1C4[n+]1ccccc1-3. The van der Waals surface area contributed by atoms with Crippen molar-refractivity contribution in [2.75, 3.05) is 4.90 Å². The van der Waals surface area contributed by atoms with Crippen LogP contribution in [-0.2, 0) is 10.8 Å². The Kier molecular flexibility index (Phi) is 6.80. The Hall–Kier alpha value is -7.85. The van der Waals surface area contributed by atoms with E-state index in [4.69, 9.17) is 0 Å². The zero-order chi connectivity index (χ0) is 43.9. The molecule has 11 aromatic rings. The Morgan fingerprint density at radius 1 is 0.448 bits per heavy atom. The van der Waals surface area contributed by atoms with E-state index in [1.54, 1.807) is 0 Å². The summed E-state index contributed by atoms with van der Waals surface area (Å²) in [5.41, 5.74) is 27.2. The second-order valence-electron chi connectivity index (χ2n) is 19.7. The second kappa shape index (κ2) is 12.5. The van der Waals surface area contributed by atoms with Gasteiger partial charge in [-0.05, 0) is 121 Å². The molecule has 1 unspecified atom stereocenters. The van der Waals surface area contributed by atoms with E-state index in [2.05, 4.69) is 230 Å². The van der Waals surface area contributed by atoms with Crippen LogP contribution in [-0.4, -0.2) is 0 Å². The number of hydrogen-bond acceptors (Lipinski definition) is 2. The molecule has 0 saturated heterocycles. The fourth-order valence-electron chi connectivity index (χ4n) is 13.8. The first-order chi connectivity index (χ1) is 33.0. The van der Waals surface area contributed by atoms with Crippen LogP contribution in [0.25, 0.3) is 75.9 Å². The summed E-state index contributed by atoms with van der Waals surface area (Å²) in [5.74, 6) is 0. The number of rotatable bonds is 3. The summed E-state index contributed by atoms with van der Waals surface area (Å²) in [4.78, 5) is 2.63. The van der Waals surface area contributed by atoms with Crippen molar-refractivity contribution in [3.63, 3.8) is 0 Å². The number of benzene rings is 9. The maximum Gasteiger partial charge on any atom is 0.213 e. The van der Waals surface area contributed by atoms with Crippen LogP contribution < -0.4 is 9.47 Å². The fourth-order valence-corrected chi connectivity index (χ4v) is 14.9. The molecule has 2 nitrogen and oxygen atoms in total. The lowest BCUT2D eigenvalue weighted by atomic mass is 9.70. The Morgan fingerprint density at radius 2 is 1.04 bits per heavy atom. The minimum Gasteiger partial charge on any atom is -0.310 e. The molecule has 0 amide bonds. The fraction of sp³-hybridized carbons (Fsp3) is 0.0781. The average Bonchev–Trinajstić information content (AvgIpc) is 4.12. The van der Waals surface area contributed by atoms with Crippen LogP contribution >= 0.6 is 11.3 Å². The molecule has 3 heteroatoms. The maximum absolute atomic E-state index is 2.63. The molecule has 4 aliphatic carbocycles. The molecule has 67 heavy (non-hydrogen) atoms. The van der Waals surface area contributed by atoms with Crippen molar-refractivity contribution in [2.24, 2.45) is 0 Å². The number of aromatic nitrogens is 1. The van der Waals surface area contributed by atoms with E-state index in [9.17, 15) is 0 Å². The second-order valence-corrected chi connectivity index (χ2v) is 20.8. The first kappa shape index (κ1) is 36.4. The van der Waals surface area contributed by atoms with Gasteiger partial charge in [-0.2, -0.15) is 4.57 Å². The number of nitrogens with zero attached hydrogens (tertiary/aromatic N) is 2. The molecule has 1 atom stereocenters. The highest BCUT2D eigenvalue weighted by Gasteiger charge is 2.53. The number of pyridine rings is 1. The monoisotopic (exact) mass is 869 g/mol. The number of fused-ring (bicyclic) bond motifs is 19. The Balaban J connectivity index is 1.03. The zero-order valence-corrected chi connectivity index (χ0v) is 37.8. The summed E-state index contributed by atoms with van der Waals surface area (Å²) in [5, 5.41) is 2.62. The molecule has 0 N–H and O–H groups in total. The molecule has 312 valence electrons. The van der Waals surface area contributed by atoms with Crippen molar-refractivity contribution in [3.8, 4) is 55.8 Å². The molecule has 1 aliphatic heterocycles. The van der Waals surface area contributed by atoms with Crippen LogP contribution in [0.3, 0.4) is 0 Å². The summed E-state index contributed by atoms with van der Waals surface area (Å²) in [6, 6.07) is 76.6. The predicted octanol–water partition coefficient (Wildman–Crippen LogP) is 16.1. The van der Waals surface area contributed by atoms with Gasteiger partial charge in [0.15, 0.2) is 6.20 Å². The molecule has 2 aromatic heterocycles. The average molecular weight is 870 g/mol. The minimum atomic E-state index is -0.409. The van der Waals surface area contributed by atoms with Gasteiger partial charge >= 0.3 is 0 Å². The van der Waals surface area contributed by atoms with Gasteiger partial charge < -0.3 is 4.90 Å². The summed E-state index contributed by atoms with van der Waals surface area (Å²) >= 11 is 1.89. The molecule has 1 spiro atoms. The van der Waals surface area contributed by atoms with Gasteiger partial charge in [-0.15, -0.1) is 11.3 Å². The van der Waals surface area contributed by atoms with Gasteiger partial charge in [-0.25, -0.2) is 0 Å². The molecule has 3 heterocycles. The lowest BCUT2D eigenvalue weighted by molar-refractivity contribution is -0.693. The topological polar surface area (TPSA) is 7.12 Å². The van der Waals surface area contributed by atoms with Crippen molar-refractivity contribution >= 4 is 48.6 Å². The van der Waals surface area contributed by atoms with E-state index in [0.717, 1.165) is 5.69 Å². The van der Waals surface area contributed by atoms with Crippen LogP contribution in [0.5, 0.6) is 0 Å². The Morgan fingerprint density at radius 3 is 1.84 bits per heavy atom. The highest BCUT2D eigenvalue weighted by Crippen LogP contribution is 2.66. The van der Waals surface area contributed by atoms with Crippen molar-refractivity contribution in [1.82, 2.24) is 0 Å². The molecule has 16 rings (SSSR count). The normalized spacial score (nSPS) is 16.0. The molecule has 0 fully saturated rings.